The molecular weight excluding hydrogens is 320 g/mol. The van der Waals surface area contributed by atoms with Crippen molar-refractivity contribution in [1.29, 1.82) is 0 Å². The second-order valence-electron chi connectivity index (χ2n) is 9.89. The molecule has 3 N–H and O–H groups in total. The van der Waals surface area contributed by atoms with Gasteiger partial charge in [-0.3, -0.25) is 4.79 Å². The van der Waals surface area contributed by atoms with Gasteiger partial charge in [0.2, 0.25) is 0 Å². The van der Waals surface area contributed by atoms with E-state index in [4.69, 9.17) is 4.74 Å². The molecule has 5 fully saturated rings. The number of fused-ring (bicyclic) bond motifs is 1. The lowest BCUT2D eigenvalue weighted by atomic mass is 9.39. The summed E-state index contributed by atoms with van der Waals surface area (Å²) < 4.78 is 6.21. The van der Waals surface area contributed by atoms with Crippen molar-refractivity contribution in [2.45, 2.75) is 63.9 Å². The van der Waals surface area contributed by atoms with Gasteiger partial charge in [-0.15, -0.1) is 0 Å². The molecule has 0 aromatic rings. The molecule has 5 aliphatic rings. The summed E-state index contributed by atoms with van der Waals surface area (Å²) in [5.41, 5.74) is -1.33. The van der Waals surface area contributed by atoms with Gasteiger partial charge in [-0.05, 0) is 30.3 Å². The highest BCUT2D eigenvalue weighted by atomic mass is 16.5. The molecule has 2 bridgehead atoms. The summed E-state index contributed by atoms with van der Waals surface area (Å²) >= 11 is 0. The van der Waals surface area contributed by atoms with Crippen LogP contribution in [-0.2, 0) is 9.53 Å². The van der Waals surface area contributed by atoms with Crippen molar-refractivity contribution in [3.8, 4) is 0 Å². The third kappa shape index (κ3) is 1.51. The van der Waals surface area contributed by atoms with Gasteiger partial charge in [0.25, 0.3) is 0 Å². The van der Waals surface area contributed by atoms with E-state index in [1.807, 2.05) is 0 Å². The molecule has 0 radical (unpaired) electrons. The van der Waals surface area contributed by atoms with Gasteiger partial charge in [-0.2, -0.15) is 0 Å². The Labute approximate surface area is 148 Å². The minimum Gasteiger partial charge on any atom is -0.391 e. The zero-order valence-corrected chi connectivity index (χ0v) is 14.9. The van der Waals surface area contributed by atoms with Crippen LogP contribution in [0.5, 0.6) is 0 Å². The molecule has 5 rings (SSSR count). The fraction of sp³-hybridized carbons (Fsp3) is 0.850. The Morgan fingerprint density at radius 3 is 2.60 bits per heavy atom. The van der Waals surface area contributed by atoms with Crippen LogP contribution in [0.1, 0.15) is 39.5 Å². The summed E-state index contributed by atoms with van der Waals surface area (Å²) in [4.78, 5) is 13.5. The lowest BCUT2D eigenvalue weighted by Gasteiger charge is -2.63. The first-order valence-corrected chi connectivity index (χ1v) is 9.58. The number of aliphatic hydroxyl groups excluding tert-OH is 3. The number of carbonyl (C=O) groups is 1. The molecule has 9 atom stereocenters. The fourth-order valence-corrected chi connectivity index (χ4v) is 7.95. The summed E-state index contributed by atoms with van der Waals surface area (Å²) in [5.74, 6) is -1.13. The molecule has 9 unspecified atom stereocenters. The molecule has 4 saturated carbocycles. The predicted molar refractivity (Wildman–Crippen MR) is 89.5 cm³/mol. The summed E-state index contributed by atoms with van der Waals surface area (Å²) in [6.45, 7) is 8.77. The SMILES string of the molecule is C=C1C2CC3OCC45CCCC(C)(C)C4C(O)C(=O)C(C1O)(C2O)C35. The molecule has 0 aromatic heterocycles. The van der Waals surface area contributed by atoms with E-state index < -0.39 is 23.7 Å². The zero-order valence-electron chi connectivity index (χ0n) is 14.9. The normalized spacial score (nSPS) is 58.8. The van der Waals surface area contributed by atoms with E-state index in [2.05, 4.69) is 20.4 Å². The monoisotopic (exact) mass is 348 g/mol. The van der Waals surface area contributed by atoms with Crippen molar-refractivity contribution < 1.29 is 24.9 Å². The fourth-order valence-electron chi connectivity index (χ4n) is 7.95. The van der Waals surface area contributed by atoms with Crippen LogP contribution in [-0.4, -0.2) is 52.1 Å². The summed E-state index contributed by atoms with van der Waals surface area (Å²) in [7, 11) is 0. The Balaban J connectivity index is 1.77. The summed E-state index contributed by atoms with van der Waals surface area (Å²) in [5, 5.41) is 33.3. The largest absolute Gasteiger partial charge is 0.391 e. The van der Waals surface area contributed by atoms with E-state index >= 15 is 0 Å². The molecule has 5 nitrogen and oxygen atoms in total. The van der Waals surface area contributed by atoms with Crippen LogP contribution in [0.4, 0.5) is 0 Å². The highest BCUT2D eigenvalue weighted by molar-refractivity contribution is 5.94. The molecule has 1 heterocycles. The van der Waals surface area contributed by atoms with Gasteiger partial charge in [-0.25, -0.2) is 0 Å². The number of aliphatic hydroxyl groups is 3. The molecule has 1 aliphatic heterocycles. The number of carbonyl (C=O) groups excluding carboxylic acids is 1. The van der Waals surface area contributed by atoms with E-state index in [0.717, 1.165) is 19.3 Å². The first-order chi connectivity index (χ1) is 11.7. The Hall–Kier alpha value is -0.750. The molecule has 5 heteroatoms. The number of hydrogen-bond donors (Lipinski definition) is 3. The van der Waals surface area contributed by atoms with Crippen molar-refractivity contribution in [3.05, 3.63) is 12.2 Å². The van der Waals surface area contributed by atoms with Gasteiger partial charge >= 0.3 is 0 Å². The first kappa shape index (κ1) is 16.4. The van der Waals surface area contributed by atoms with Crippen molar-refractivity contribution >= 4 is 5.78 Å². The van der Waals surface area contributed by atoms with E-state index in [-0.39, 0.29) is 40.5 Å². The third-order valence-corrected chi connectivity index (χ3v) is 8.64. The molecule has 0 amide bonds. The minimum atomic E-state index is -1.34. The van der Waals surface area contributed by atoms with E-state index in [0.29, 0.717) is 18.6 Å². The van der Waals surface area contributed by atoms with Crippen molar-refractivity contribution in [1.82, 2.24) is 0 Å². The molecule has 25 heavy (non-hydrogen) atoms. The van der Waals surface area contributed by atoms with E-state index in [9.17, 15) is 20.1 Å². The lowest BCUT2D eigenvalue weighted by molar-refractivity contribution is -0.222. The quantitative estimate of drug-likeness (QED) is 0.570. The second kappa shape index (κ2) is 4.56. The molecular formula is C20H28O5. The van der Waals surface area contributed by atoms with Crippen molar-refractivity contribution in [2.75, 3.05) is 6.61 Å². The number of rotatable bonds is 0. The Morgan fingerprint density at radius 1 is 1.16 bits per heavy atom. The lowest BCUT2D eigenvalue weighted by Crippen LogP contribution is -2.72. The van der Waals surface area contributed by atoms with Gasteiger partial charge in [0.15, 0.2) is 5.78 Å². The number of Topliss-reactive ketones (excluding diaryl/α,β-unsaturated/α-hetero) is 1. The van der Waals surface area contributed by atoms with Crippen molar-refractivity contribution in [2.24, 2.45) is 34.0 Å². The molecule has 0 aromatic carbocycles. The maximum atomic E-state index is 13.5. The second-order valence-corrected chi connectivity index (χ2v) is 9.89. The van der Waals surface area contributed by atoms with Crippen LogP contribution in [0.3, 0.4) is 0 Å². The van der Waals surface area contributed by atoms with E-state index in [1.54, 1.807) is 0 Å². The summed E-state index contributed by atoms with van der Waals surface area (Å²) in [6, 6.07) is 0. The van der Waals surface area contributed by atoms with Gasteiger partial charge < -0.3 is 20.1 Å². The van der Waals surface area contributed by atoms with E-state index in [1.165, 1.54) is 0 Å². The average molecular weight is 348 g/mol. The smallest absolute Gasteiger partial charge is 0.173 e. The van der Waals surface area contributed by atoms with Crippen LogP contribution in [0.25, 0.3) is 0 Å². The topological polar surface area (TPSA) is 87.0 Å². The zero-order chi connectivity index (χ0) is 17.9. The van der Waals surface area contributed by atoms with Crippen LogP contribution in [0, 0.1) is 34.0 Å². The standard InChI is InChI=1S/C20H28O5/c1-9-10-7-11-13-19(8-25-11)6-4-5-18(2,3)14(19)12(21)17(24)20(13,15(9)22)16(10)23/h10-16,21-23H,1,4-8H2,2-3H3. The number of hydrogen-bond acceptors (Lipinski definition) is 5. The van der Waals surface area contributed by atoms with Gasteiger partial charge in [-0.1, -0.05) is 26.8 Å². The summed E-state index contributed by atoms with van der Waals surface area (Å²) in [6.07, 6.45) is 0.112. The highest BCUT2D eigenvalue weighted by Crippen LogP contribution is 2.73. The maximum Gasteiger partial charge on any atom is 0.173 e. The molecule has 4 aliphatic carbocycles. The maximum absolute atomic E-state index is 13.5. The van der Waals surface area contributed by atoms with Crippen LogP contribution >= 0.6 is 0 Å². The molecule has 1 saturated heterocycles. The number of ether oxygens (including phenoxy) is 1. The number of ketones is 1. The Kier molecular flexibility index (Phi) is 2.99. The van der Waals surface area contributed by atoms with Crippen molar-refractivity contribution in [3.63, 3.8) is 0 Å². The van der Waals surface area contributed by atoms with Crippen LogP contribution in [0.2, 0.25) is 0 Å². The highest BCUT2D eigenvalue weighted by Gasteiger charge is 2.80. The van der Waals surface area contributed by atoms with Gasteiger partial charge in [0.05, 0.1) is 30.3 Å². The first-order valence-electron chi connectivity index (χ1n) is 9.58. The molecule has 138 valence electrons. The minimum absolute atomic E-state index is 0.143. The predicted octanol–water partition coefficient (Wildman–Crippen LogP) is 1.06. The average Bonchev–Trinajstić information content (AvgIpc) is 2.94. The van der Waals surface area contributed by atoms with Gasteiger partial charge in [0.1, 0.15) is 6.10 Å². The Bertz CT molecular complexity index is 671. The Morgan fingerprint density at radius 2 is 1.88 bits per heavy atom. The third-order valence-electron chi connectivity index (χ3n) is 8.64. The van der Waals surface area contributed by atoms with Gasteiger partial charge in [0, 0.05) is 23.2 Å². The molecule has 2 spiro atoms. The van der Waals surface area contributed by atoms with Crippen LogP contribution < -0.4 is 0 Å². The van der Waals surface area contributed by atoms with Crippen LogP contribution in [0.15, 0.2) is 12.2 Å².